The Morgan fingerprint density at radius 2 is 1.89 bits per heavy atom. The number of hydrogen-bond acceptors (Lipinski definition) is 4. The van der Waals surface area contributed by atoms with Gasteiger partial charge in [-0.2, -0.15) is 0 Å². The number of rotatable bonds is 6. The molecular formula is C22H27N5. The van der Waals surface area contributed by atoms with Crippen LogP contribution >= 0.6 is 0 Å². The van der Waals surface area contributed by atoms with Gasteiger partial charge in [-0.05, 0) is 61.6 Å². The molecule has 0 radical (unpaired) electrons. The van der Waals surface area contributed by atoms with Gasteiger partial charge >= 0.3 is 0 Å². The molecule has 0 atom stereocenters. The first-order chi connectivity index (χ1) is 13.2. The van der Waals surface area contributed by atoms with E-state index in [1.165, 1.54) is 27.2 Å². The van der Waals surface area contributed by atoms with Gasteiger partial charge in [0, 0.05) is 41.9 Å². The summed E-state index contributed by atoms with van der Waals surface area (Å²) in [4.78, 5) is 11.2. The Kier molecular flexibility index (Phi) is 4.70. The lowest BCUT2D eigenvalue weighted by Gasteiger charge is -2.18. The lowest BCUT2D eigenvalue weighted by molar-refractivity contribution is 0.300. The van der Waals surface area contributed by atoms with Crippen molar-refractivity contribution < 1.29 is 0 Å². The van der Waals surface area contributed by atoms with E-state index < -0.39 is 0 Å². The molecule has 0 saturated carbocycles. The van der Waals surface area contributed by atoms with Gasteiger partial charge in [0.05, 0.1) is 10.9 Å². The molecule has 0 fully saturated rings. The van der Waals surface area contributed by atoms with E-state index >= 15 is 0 Å². The third-order valence-electron chi connectivity index (χ3n) is 5.76. The SMILES string of the molecule is CCN(CC)CCCc1c2cnccc2cc2c1c1c(N)nccc1n2C. The van der Waals surface area contributed by atoms with Gasteiger partial charge < -0.3 is 15.2 Å². The van der Waals surface area contributed by atoms with E-state index in [1.54, 1.807) is 6.20 Å². The summed E-state index contributed by atoms with van der Waals surface area (Å²) in [5.74, 6) is 0.603. The summed E-state index contributed by atoms with van der Waals surface area (Å²) < 4.78 is 2.23. The second-order valence-electron chi connectivity index (χ2n) is 7.13. The summed E-state index contributed by atoms with van der Waals surface area (Å²) in [6, 6.07) is 6.40. The first kappa shape index (κ1) is 17.7. The predicted molar refractivity (Wildman–Crippen MR) is 114 cm³/mol. The van der Waals surface area contributed by atoms with Crippen molar-refractivity contribution in [1.82, 2.24) is 19.4 Å². The standard InChI is InChI=1S/C22H27N5/c1-4-27(5-2)12-6-7-16-17-14-24-10-8-15(17)13-19-20(16)21-18(26(19)3)9-11-25-22(21)23/h8-11,13-14H,4-7,12H2,1-3H3,(H2,23,25). The molecule has 5 nitrogen and oxygen atoms in total. The minimum absolute atomic E-state index is 0.603. The van der Waals surface area contributed by atoms with Crippen molar-refractivity contribution in [3.63, 3.8) is 0 Å². The van der Waals surface area contributed by atoms with Gasteiger partial charge in [0.15, 0.2) is 0 Å². The number of anilines is 1. The number of aromatic nitrogens is 3. The topological polar surface area (TPSA) is 60.0 Å². The quantitative estimate of drug-likeness (QED) is 0.561. The molecule has 0 saturated heterocycles. The normalized spacial score (nSPS) is 12.0. The molecule has 3 heterocycles. The maximum absolute atomic E-state index is 6.32. The van der Waals surface area contributed by atoms with E-state index in [1.807, 2.05) is 18.5 Å². The average molecular weight is 361 g/mol. The molecule has 0 unspecified atom stereocenters. The zero-order chi connectivity index (χ0) is 19.0. The largest absolute Gasteiger partial charge is 0.383 e. The summed E-state index contributed by atoms with van der Waals surface area (Å²) in [5, 5.41) is 4.75. The van der Waals surface area contributed by atoms with Crippen LogP contribution in [0.1, 0.15) is 25.8 Å². The number of aryl methyl sites for hydroxylation is 2. The van der Waals surface area contributed by atoms with E-state index in [4.69, 9.17) is 5.73 Å². The lowest BCUT2D eigenvalue weighted by Crippen LogP contribution is -2.24. The molecule has 0 aliphatic carbocycles. The van der Waals surface area contributed by atoms with Gasteiger partial charge in [-0.15, -0.1) is 0 Å². The highest BCUT2D eigenvalue weighted by molar-refractivity contribution is 6.18. The zero-order valence-electron chi connectivity index (χ0n) is 16.4. The Hall–Kier alpha value is -2.66. The summed E-state index contributed by atoms with van der Waals surface area (Å²) in [6.07, 6.45) is 7.77. The maximum atomic E-state index is 6.32. The van der Waals surface area contributed by atoms with Crippen molar-refractivity contribution in [2.45, 2.75) is 26.7 Å². The molecule has 0 aliphatic heterocycles. The van der Waals surface area contributed by atoms with Crippen LogP contribution in [0.3, 0.4) is 0 Å². The van der Waals surface area contributed by atoms with Crippen molar-refractivity contribution in [3.05, 3.63) is 42.4 Å². The number of hydrogen-bond donors (Lipinski definition) is 1. The summed E-state index contributed by atoms with van der Waals surface area (Å²) >= 11 is 0. The van der Waals surface area contributed by atoms with Crippen LogP contribution < -0.4 is 5.73 Å². The van der Waals surface area contributed by atoms with Gasteiger partial charge in [0.2, 0.25) is 0 Å². The molecule has 0 aliphatic rings. The molecule has 5 heteroatoms. The lowest BCUT2D eigenvalue weighted by atomic mass is 9.96. The fourth-order valence-electron chi connectivity index (χ4n) is 4.25. The van der Waals surface area contributed by atoms with Crippen LogP contribution in [-0.4, -0.2) is 39.1 Å². The summed E-state index contributed by atoms with van der Waals surface area (Å²) in [6.45, 7) is 7.73. The fraction of sp³-hybridized carbons (Fsp3) is 0.364. The van der Waals surface area contributed by atoms with E-state index in [0.717, 1.165) is 43.4 Å². The molecule has 0 amide bonds. The van der Waals surface area contributed by atoms with Crippen LogP contribution in [0.15, 0.2) is 36.8 Å². The molecule has 27 heavy (non-hydrogen) atoms. The molecule has 2 N–H and O–H groups in total. The van der Waals surface area contributed by atoms with Gasteiger partial charge in [-0.3, -0.25) is 4.98 Å². The van der Waals surface area contributed by atoms with E-state index in [9.17, 15) is 0 Å². The Balaban J connectivity index is 1.95. The number of nitrogens with zero attached hydrogens (tertiary/aromatic N) is 4. The molecular weight excluding hydrogens is 334 g/mol. The Morgan fingerprint density at radius 3 is 2.67 bits per heavy atom. The number of pyridine rings is 2. The summed E-state index contributed by atoms with van der Waals surface area (Å²) in [7, 11) is 2.11. The number of fused-ring (bicyclic) bond motifs is 4. The first-order valence-electron chi connectivity index (χ1n) is 9.76. The molecule has 3 aromatic heterocycles. The summed E-state index contributed by atoms with van der Waals surface area (Å²) in [5.41, 5.74) is 10.0. The van der Waals surface area contributed by atoms with Crippen molar-refractivity contribution in [2.24, 2.45) is 7.05 Å². The van der Waals surface area contributed by atoms with Crippen molar-refractivity contribution in [3.8, 4) is 0 Å². The van der Waals surface area contributed by atoms with E-state index in [2.05, 4.69) is 52.5 Å². The third kappa shape index (κ3) is 2.92. The van der Waals surface area contributed by atoms with Gasteiger partial charge in [0.1, 0.15) is 5.82 Å². The average Bonchev–Trinajstić information content (AvgIpc) is 2.98. The van der Waals surface area contributed by atoms with Crippen molar-refractivity contribution in [1.29, 1.82) is 0 Å². The number of nitrogen functional groups attached to an aromatic ring is 1. The predicted octanol–water partition coefficient (Wildman–Crippen LogP) is 4.13. The van der Waals surface area contributed by atoms with Crippen LogP contribution in [0, 0.1) is 0 Å². The minimum atomic E-state index is 0.603. The van der Waals surface area contributed by atoms with Gasteiger partial charge in [-0.1, -0.05) is 13.8 Å². The highest BCUT2D eigenvalue weighted by atomic mass is 15.1. The molecule has 0 spiro atoms. The Labute approximate surface area is 159 Å². The van der Waals surface area contributed by atoms with Crippen LogP contribution in [0.25, 0.3) is 32.6 Å². The fourth-order valence-corrected chi connectivity index (χ4v) is 4.25. The van der Waals surface area contributed by atoms with Crippen LogP contribution in [0.4, 0.5) is 5.82 Å². The van der Waals surface area contributed by atoms with E-state index in [-0.39, 0.29) is 0 Å². The molecule has 0 bridgehead atoms. The molecule has 1 aromatic carbocycles. The van der Waals surface area contributed by atoms with Crippen LogP contribution in [0.2, 0.25) is 0 Å². The maximum Gasteiger partial charge on any atom is 0.133 e. The van der Waals surface area contributed by atoms with Crippen molar-refractivity contribution >= 4 is 38.4 Å². The second kappa shape index (κ2) is 7.16. The molecule has 4 aromatic rings. The zero-order valence-corrected chi connectivity index (χ0v) is 16.4. The van der Waals surface area contributed by atoms with Crippen LogP contribution in [-0.2, 0) is 13.5 Å². The first-order valence-corrected chi connectivity index (χ1v) is 9.76. The molecule has 140 valence electrons. The number of nitrogens with two attached hydrogens (primary N) is 1. The Bertz CT molecular complexity index is 1110. The Morgan fingerprint density at radius 1 is 1.07 bits per heavy atom. The van der Waals surface area contributed by atoms with Gasteiger partial charge in [-0.25, -0.2) is 4.98 Å². The number of benzene rings is 1. The highest BCUT2D eigenvalue weighted by Gasteiger charge is 2.17. The van der Waals surface area contributed by atoms with Crippen molar-refractivity contribution in [2.75, 3.05) is 25.4 Å². The molecule has 4 rings (SSSR count). The smallest absolute Gasteiger partial charge is 0.133 e. The third-order valence-corrected chi connectivity index (χ3v) is 5.76. The monoisotopic (exact) mass is 361 g/mol. The second-order valence-corrected chi connectivity index (χ2v) is 7.13. The minimum Gasteiger partial charge on any atom is -0.383 e. The van der Waals surface area contributed by atoms with Crippen LogP contribution in [0.5, 0.6) is 0 Å². The van der Waals surface area contributed by atoms with E-state index in [0.29, 0.717) is 5.82 Å². The highest BCUT2D eigenvalue weighted by Crippen LogP contribution is 2.37. The van der Waals surface area contributed by atoms with Gasteiger partial charge in [0.25, 0.3) is 0 Å².